The van der Waals surface area contributed by atoms with Crippen molar-refractivity contribution in [2.24, 2.45) is 3.21 Å². The molecule has 192 valence electrons. The smallest absolute Gasteiger partial charge is 0.427 e. The van der Waals surface area contributed by atoms with Crippen molar-refractivity contribution in [3.63, 3.8) is 0 Å². The van der Waals surface area contributed by atoms with Crippen LogP contribution in [0.3, 0.4) is 0 Å². The van der Waals surface area contributed by atoms with Gasteiger partial charge in [-0.1, -0.05) is 48.5 Å². The maximum absolute atomic E-state index is 13.6. The van der Waals surface area contributed by atoms with Gasteiger partial charge in [0.25, 0.3) is 0 Å². The number of urea groups is 1. The quantitative estimate of drug-likeness (QED) is 0.359. The third-order valence-corrected chi connectivity index (χ3v) is 7.93. The zero-order chi connectivity index (χ0) is 25.8. The molecular weight excluding hydrogens is 598 g/mol. The minimum absolute atomic E-state index is 0.0986. The van der Waals surface area contributed by atoms with Gasteiger partial charge in [-0.3, -0.25) is 4.90 Å². The van der Waals surface area contributed by atoms with E-state index in [1.54, 1.807) is 23.2 Å². The van der Waals surface area contributed by atoms with Crippen LogP contribution in [0.15, 0.2) is 82.2 Å². The molecule has 0 spiro atoms. The molecule has 0 N–H and O–H groups in total. The number of carbonyl (C=O) groups excluding carboxylic acids is 1. The van der Waals surface area contributed by atoms with Crippen LogP contribution in [0.2, 0.25) is 0 Å². The maximum atomic E-state index is 13.6. The van der Waals surface area contributed by atoms with Crippen LogP contribution in [-0.4, -0.2) is 57.9 Å². The summed E-state index contributed by atoms with van der Waals surface area (Å²) in [4.78, 5) is 23.8. The van der Waals surface area contributed by atoms with Crippen molar-refractivity contribution >= 4 is 48.1 Å². The summed E-state index contributed by atoms with van der Waals surface area (Å²) in [5.74, 6) is -0.280. The molecular formula is C26H23F3IN5O2. The van der Waals surface area contributed by atoms with E-state index in [0.29, 0.717) is 38.3 Å². The van der Waals surface area contributed by atoms with E-state index in [9.17, 15) is 18.0 Å². The Bertz CT molecular complexity index is 1290. The van der Waals surface area contributed by atoms with Crippen LogP contribution in [0, 0.1) is 0 Å². The molecule has 2 aromatic carbocycles. The topological polar surface area (TPSA) is 61.3 Å². The van der Waals surface area contributed by atoms with Gasteiger partial charge in [-0.25, -0.2) is 9.78 Å². The predicted octanol–water partition coefficient (Wildman–Crippen LogP) is 5.39. The van der Waals surface area contributed by atoms with Crippen molar-refractivity contribution in [2.45, 2.75) is 12.7 Å². The number of ether oxygens (including phenoxy) is 1. The molecule has 7 nitrogen and oxygen atoms in total. The second kappa shape index (κ2) is 10.9. The molecule has 2 aliphatic rings. The summed E-state index contributed by atoms with van der Waals surface area (Å²) in [6.45, 7) is 2.82. The molecule has 3 heterocycles. The Labute approximate surface area is 222 Å². The molecule has 1 saturated heterocycles. The first-order valence-electron chi connectivity index (χ1n) is 11.6. The number of pyridine rings is 1. The number of anilines is 2. The number of amides is 2. The van der Waals surface area contributed by atoms with Crippen molar-refractivity contribution in [1.29, 1.82) is 0 Å². The zero-order valence-corrected chi connectivity index (χ0v) is 21.8. The molecule has 2 amide bonds. The summed E-state index contributed by atoms with van der Waals surface area (Å²) in [5, 5.41) is 0. The molecule has 2 aliphatic heterocycles. The lowest BCUT2D eigenvalue weighted by Crippen LogP contribution is -2.53. The molecule has 0 saturated carbocycles. The van der Waals surface area contributed by atoms with Crippen molar-refractivity contribution in [3.8, 4) is 0 Å². The molecule has 0 unspecified atom stereocenters. The van der Waals surface area contributed by atoms with E-state index in [0.717, 1.165) is 17.1 Å². The molecule has 37 heavy (non-hydrogen) atoms. The van der Waals surface area contributed by atoms with Gasteiger partial charge in [0.1, 0.15) is 5.82 Å². The molecule has 0 aliphatic carbocycles. The second-order valence-electron chi connectivity index (χ2n) is 8.41. The standard InChI is InChI=1S/C26H23F3IN5O2/c27-26(28,29)24-32-30-23(37-24)20-11-9-19(10-12-20)18-35(21-6-2-1-3-7-21)25(36)34-16-14-33(15-17-34)22-8-4-5-13-31-22/h1-13H,14-18H2. The largest absolute Gasteiger partial charge is 0.469 e. The van der Waals surface area contributed by atoms with Crippen LogP contribution < -0.4 is 9.80 Å². The Kier molecular flexibility index (Phi) is 7.40. The van der Waals surface area contributed by atoms with Crippen LogP contribution in [0.1, 0.15) is 11.1 Å². The third kappa shape index (κ3) is 5.92. The van der Waals surface area contributed by atoms with Gasteiger partial charge in [0, 0.05) is 43.6 Å². The summed E-state index contributed by atoms with van der Waals surface area (Å²) in [5.41, 5.74) is 2.19. The first-order chi connectivity index (χ1) is 17.9. The summed E-state index contributed by atoms with van der Waals surface area (Å²) in [7, 11) is 0. The Morgan fingerprint density at radius 3 is 2.27 bits per heavy atom. The van der Waals surface area contributed by atoms with E-state index >= 15 is 0 Å². The Morgan fingerprint density at radius 2 is 1.65 bits per heavy atom. The number of para-hydroxylation sites is 1. The number of nitrogens with zero attached hydrogens (tertiary/aromatic N) is 5. The van der Waals surface area contributed by atoms with E-state index in [-0.39, 0.29) is 9.73 Å². The number of benzene rings is 2. The van der Waals surface area contributed by atoms with Gasteiger partial charge in [-0.15, -0.1) is 0 Å². The first-order valence-corrected chi connectivity index (χ1v) is 13.6. The lowest BCUT2D eigenvalue weighted by molar-refractivity contribution is -0.0709. The number of rotatable bonds is 5. The highest BCUT2D eigenvalue weighted by Gasteiger charge is 2.41. The van der Waals surface area contributed by atoms with Crippen molar-refractivity contribution < 1.29 is 22.7 Å². The third-order valence-electron chi connectivity index (χ3n) is 5.97. The van der Waals surface area contributed by atoms with E-state index in [1.165, 1.54) is 0 Å². The SMILES string of the molecule is O=C(N1CCN(c2ccccn2)CC1)N(Cc1ccc(C2=IN=C(C(F)(F)F)O2)cc1)c1ccccc1. The number of piperazine rings is 1. The van der Waals surface area contributed by atoms with Crippen LogP contribution >= 0.6 is 21.0 Å². The number of halogens is 4. The van der Waals surface area contributed by atoms with Crippen LogP contribution in [0.4, 0.5) is 29.5 Å². The predicted molar refractivity (Wildman–Crippen MR) is 145 cm³/mol. The average Bonchev–Trinajstić information content (AvgIpc) is 3.44. The van der Waals surface area contributed by atoms with Crippen molar-refractivity contribution in [3.05, 3.63) is 90.1 Å². The molecule has 0 bridgehead atoms. The molecule has 0 radical (unpaired) electrons. The Morgan fingerprint density at radius 1 is 0.946 bits per heavy atom. The van der Waals surface area contributed by atoms with Crippen molar-refractivity contribution in [1.82, 2.24) is 9.88 Å². The van der Waals surface area contributed by atoms with Crippen LogP contribution in [0.25, 0.3) is 0 Å². The minimum atomic E-state index is -4.58. The highest BCUT2D eigenvalue weighted by Crippen LogP contribution is 2.29. The molecule has 3 aromatic rings. The number of hydrogen-bond donors (Lipinski definition) is 0. The highest BCUT2D eigenvalue weighted by molar-refractivity contribution is 14.2. The lowest BCUT2D eigenvalue weighted by atomic mass is 10.1. The van der Waals surface area contributed by atoms with E-state index in [4.69, 9.17) is 4.74 Å². The number of aromatic nitrogens is 1. The molecule has 1 aromatic heterocycles. The highest BCUT2D eigenvalue weighted by atomic mass is 127. The normalized spacial score (nSPS) is 15.9. The van der Waals surface area contributed by atoms with E-state index < -0.39 is 33.1 Å². The van der Waals surface area contributed by atoms with Crippen molar-refractivity contribution in [2.75, 3.05) is 36.0 Å². The summed E-state index contributed by atoms with van der Waals surface area (Å²) >= 11 is -1.23. The zero-order valence-electron chi connectivity index (χ0n) is 19.6. The molecule has 5 rings (SSSR count). The summed E-state index contributed by atoms with van der Waals surface area (Å²) < 4.78 is 47.4. The number of carbonyl (C=O) groups is 1. The van der Waals surface area contributed by atoms with E-state index in [2.05, 4.69) is 13.1 Å². The van der Waals surface area contributed by atoms with Gasteiger partial charge in [-0.05, 0) is 29.8 Å². The fourth-order valence-electron chi connectivity index (χ4n) is 4.05. The van der Waals surface area contributed by atoms with Gasteiger partial charge in [0.05, 0.1) is 27.5 Å². The number of hydrogen-bond acceptors (Lipinski definition) is 5. The Hall–Kier alpha value is -3.48. The average molecular weight is 621 g/mol. The van der Waals surface area contributed by atoms with Gasteiger partial charge in [0.15, 0.2) is 3.69 Å². The van der Waals surface area contributed by atoms with Gasteiger partial charge in [0.2, 0.25) is 0 Å². The number of alkyl halides is 3. The van der Waals surface area contributed by atoms with Gasteiger partial charge in [-0.2, -0.15) is 16.4 Å². The summed E-state index contributed by atoms with van der Waals surface area (Å²) in [6.07, 6.45) is -2.82. The maximum Gasteiger partial charge on any atom is 0.469 e. The van der Waals surface area contributed by atoms with Gasteiger partial charge < -0.3 is 14.5 Å². The fraction of sp³-hybridized carbons (Fsp3) is 0.231. The van der Waals surface area contributed by atoms with E-state index in [1.807, 2.05) is 65.6 Å². The Balaban J connectivity index is 1.27. The second-order valence-corrected chi connectivity index (χ2v) is 10.4. The lowest BCUT2D eigenvalue weighted by Gasteiger charge is -2.38. The van der Waals surface area contributed by atoms with Crippen LogP contribution in [0.5, 0.6) is 0 Å². The monoisotopic (exact) mass is 621 g/mol. The molecule has 1 fully saturated rings. The molecule has 0 atom stereocenters. The fourth-order valence-corrected chi connectivity index (χ4v) is 5.80. The minimum Gasteiger partial charge on any atom is -0.427 e. The molecule has 11 heteroatoms. The van der Waals surface area contributed by atoms with Gasteiger partial charge >= 0.3 is 18.1 Å². The first kappa shape index (κ1) is 25.2. The summed E-state index contributed by atoms with van der Waals surface area (Å²) in [6, 6.07) is 22.2. The van der Waals surface area contributed by atoms with Crippen LogP contribution in [-0.2, 0) is 11.3 Å².